The van der Waals surface area contributed by atoms with Gasteiger partial charge >= 0.3 is 12.1 Å². The molecule has 7 amide bonds. The number of nitrogens with zero attached hydrogens (tertiary/aromatic N) is 3. The van der Waals surface area contributed by atoms with Crippen LogP contribution in [-0.4, -0.2) is 115 Å². The number of likely N-dealkylation sites (tertiary alicyclic amines) is 1. The molecule has 0 bridgehead atoms. The molecule has 0 aliphatic carbocycles. The van der Waals surface area contributed by atoms with E-state index in [1.165, 1.54) is 11.0 Å². The first kappa shape index (κ1) is 36.3. The Labute approximate surface area is 261 Å². The van der Waals surface area contributed by atoms with E-state index in [1.807, 2.05) is 41.5 Å². The van der Waals surface area contributed by atoms with Crippen molar-refractivity contribution in [2.24, 2.45) is 16.7 Å². The number of rotatable bonds is 12. The van der Waals surface area contributed by atoms with Crippen LogP contribution in [0.3, 0.4) is 0 Å². The number of hydrogen-bond donors (Lipinski definition) is 4. The Bertz CT molecular complexity index is 1130. The van der Waals surface area contributed by atoms with Crippen molar-refractivity contribution in [1.82, 2.24) is 36.0 Å². The lowest BCUT2D eigenvalue weighted by atomic mass is 9.85. The zero-order valence-electron chi connectivity index (χ0n) is 27.3. The molecule has 4 atom stereocenters. The van der Waals surface area contributed by atoms with E-state index in [4.69, 9.17) is 0 Å². The summed E-state index contributed by atoms with van der Waals surface area (Å²) in [6.07, 6.45) is 4.21. The first-order chi connectivity index (χ1) is 20.4. The van der Waals surface area contributed by atoms with Crippen molar-refractivity contribution in [1.29, 1.82) is 0 Å². The Morgan fingerprint density at radius 3 is 2.20 bits per heavy atom. The lowest BCUT2D eigenvalue weighted by molar-refractivity contribution is -0.142. The number of carbonyl (C=O) groups excluding carboxylic acids is 6. The maximum atomic E-state index is 14.0. The summed E-state index contributed by atoms with van der Waals surface area (Å²) in [5, 5.41) is 10.7. The highest BCUT2D eigenvalue weighted by atomic mass is 16.2. The molecule has 0 aromatic carbocycles. The summed E-state index contributed by atoms with van der Waals surface area (Å²) < 4.78 is 0. The molecule has 0 saturated carbocycles. The number of ketones is 1. The maximum Gasteiger partial charge on any atom is 0.319 e. The number of amides is 7. The molecule has 0 aromatic rings. The third kappa shape index (κ3) is 9.81. The molecule has 4 N–H and O–H groups in total. The van der Waals surface area contributed by atoms with Crippen molar-refractivity contribution in [3.8, 4) is 0 Å². The highest BCUT2D eigenvalue weighted by Crippen LogP contribution is 2.29. The van der Waals surface area contributed by atoms with Crippen molar-refractivity contribution < 1.29 is 28.8 Å². The first-order valence-electron chi connectivity index (χ1n) is 15.1. The van der Waals surface area contributed by atoms with Gasteiger partial charge in [-0.25, -0.2) is 9.59 Å². The quantitative estimate of drug-likeness (QED) is 0.191. The van der Waals surface area contributed by atoms with E-state index in [-0.39, 0.29) is 31.5 Å². The molecule has 13 heteroatoms. The van der Waals surface area contributed by atoms with Crippen molar-refractivity contribution in [2.45, 2.75) is 72.5 Å². The van der Waals surface area contributed by atoms with Gasteiger partial charge in [0.15, 0.2) is 0 Å². The van der Waals surface area contributed by atoms with Crippen LogP contribution in [0.1, 0.15) is 54.4 Å². The maximum absolute atomic E-state index is 14.0. The average molecular weight is 618 g/mol. The number of Topliss-reactive ketones (excluding diaryl/α,β-unsaturated/α-hetero) is 1. The van der Waals surface area contributed by atoms with Crippen LogP contribution in [0.15, 0.2) is 25.3 Å². The smallest absolute Gasteiger partial charge is 0.319 e. The SMILES string of the molecule is C=CCNC(=O)C(=O)CNC(=O)[C@@H]1CC(C=C)CN1C(=O)[C@@H](NC(=O)N[C@H](CN1CCCN(C)C1=O)C(C)(C)C)C(C)(C)C. The van der Waals surface area contributed by atoms with E-state index in [1.54, 1.807) is 22.9 Å². The van der Waals surface area contributed by atoms with Gasteiger partial charge in [0.2, 0.25) is 17.6 Å². The molecule has 13 nitrogen and oxygen atoms in total. The molecule has 2 rings (SSSR count). The summed E-state index contributed by atoms with van der Waals surface area (Å²) in [5.41, 5.74) is -1.13. The molecular formula is C31H51N7O6. The fourth-order valence-corrected chi connectivity index (χ4v) is 5.16. The first-order valence-corrected chi connectivity index (χ1v) is 15.1. The number of nitrogens with one attached hydrogen (secondary N) is 4. The lowest BCUT2D eigenvalue weighted by Crippen LogP contribution is -2.62. The Morgan fingerprint density at radius 1 is 0.977 bits per heavy atom. The van der Waals surface area contributed by atoms with Gasteiger partial charge in [-0.3, -0.25) is 19.2 Å². The van der Waals surface area contributed by atoms with Gasteiger partial charge in [0.05, 0.1) is 12.6 Å². The van der Waals surface area contributed by atoms with Crippen LogP contribution in [0.25, 0.3) is 0 Å². The molecule has 2 aliphatic rings. The monoisotopic (exact) mass is 617 g/mol. The van der Waals surface area contributed by atoms with Gasteiger partial charge in [-0.1, -0.05) is 53.7 Å². The highest BCUT2D eigenvalue weighted by molar-refractivity contribution is 6.37. The van der Waals surface area contributed by atoms with Crippen LogP contribution in [0, 0.1) is 16.7 Å². The van der Waals surface area contributed by atoms with Crippen molar-refractivity contribution >= 4 is 35.6 Å². The minimum atomic E-state index is -1.00. The minimum Gasteiger partial charge on any atom is -0.347 e. The third-order valence-electron chi connectivity index (χ3n) is 8.00. The van der Waals surface area contributed by atoms with Gasteiger partial charge < -0.3 is 36.0 Å². The largest absolute Gasteiger partial charge is 0.347 e. The van der Waals surface area contributed by atoms with E-state index >= 15 is 0 Å². The predicted octanol–water partition coefficient (Wildman–Crippen LogP) is 1.26. The lowest BCUT2D eigenvalue weighted by Gasteiger charge is -2.40. The van der Waals surface area contributed by atoms with E-state index in [2.05, 4.69) is 34.4 Å². The van der Waals surface area contributed by atoms with E-state index in [0.717, 1.165) is 6.42 Å². The molecule has 2 aliphatic heterocycles. The standard InChI is InChI=1S/C31H51N7O6/c1-10-13-32-26(41)22(39)17-33-25(40)21-16-20(11-2)18-38(21)27(42)24(31(6,7)8)35-28(43)34-23(30(3,4)5)19-37-15-12-14-36(9)29(37)44/h10-11,20-21,23-24H,1-2,12-19H2,3-9H3,(H,32,41)(H,33,40)(H2,34,35,43)/t20?,21-,23+,24+/m0/s1. The minimum absolute atomic E-state index is 0.0929. The molecule has 0 radical (unpaired) electrons. The van der Waals surface area contributed by atoms with Crippen molar-refractivity contribution in [3.63, 3.8) is 0 Å². The van der Waals surface area contributed by atoms with Gasteiger partial charge in [0.1, 0.15) is 12.1 Å². The van der Waals surface area contributed by atoms with Crippen LogP contribution in [0.5, 0.6) is 0 Å². The van der Waals surface area contributed by atoms with Gasteiger partial charge in [-0.2, -0.15) is 0 Å². The number of hydrogen-bond acceptors (Lipinski definition) is 6. The predicted molar refractivity (Wildman–Crippen MR) is 167 cm³/mol. The fraction of sp³-hybridized carbons (Fsp3) is 0.677. The molecule has 0 aromatic heterocycles. The summed E-state index contributed by atoms with van der Waals surface area (Å²) in [4.78, 5) is 82.2. The van der Waals surface area contributed by atoms with Crippen LogP contribution in [0.4, 0.5) is 9.59 Å². The van der Waals surface area contributed by atoms with Gasteiger partial charge in [-0.05, 0) is 29.6 Å². The summed E-state index contributed by atoms with van der Waals surface area (Å²) in [6, 6.07) is -2.99. The molecule has 2 heterocycles. The second-order valence-electron chi connectivity index (χ2n) is 13.7. The summed E-state index contributed by atoms with van der Waals surface area (Å²) in [7, 11) is 1.75. The van der Waals surface area contributed by atoms with Crippen LogP contribution < -0.4 is 21.3 Å². The summed E-state index contributed by atoms with van der Waals surface area (Å²) >= 11 is 0. The van der Waals surface area contributed by atoms with Crippen LogP contribution in [0.2, 0.25) is 0 Å². The molecule has 1 unspecified atom stereocenters. The van der Waals surface area contributed by atoms with Crippen LogP contribution in [-0.2, 0) is 19.2 Å². The molecule has 44 heavy (non-hydrogen) atoms. The Kier molecular flexibility index (Phi) is 12.5. The van der Waals surface area contributed by atoms with E-state index in [0.29, 0.717) is 19.6 Å². The average Bonchev–Trinajstić information content (AvgIpc) is 3.38. The van der Waals surface area contributed by atoms with Gasteiger partial charge in [-0.15, -0.1) is 13.2 Å². The third-order valence-corrected chi connectivity index (χ3v) is 8.00. The summed E-state index contributed by atoms with van der Waals surface area (Å²) in [5.74, 6) is -2.88. The molecule has 2 fully saturated rings. The number of carbonyl (C=O) groups is 6. The van der Waals surface area contributed by atoms with Crippen molar-refractivity contribution in [3.05, 3.63) is 25.3 Å². The van der Waals surface area contributed by atoms with E-state index < -0.39 is 65.0 Å². The molecule has 0 spiro atoms. The van der Waals surface area contributed by atoms with Gasteiger partial charge in [0.25, 0.3) is 5.91 Å². The Balaban J connectivity index is 2.18. The van der Waals surface area contributed by atoms with Crippen LogP contribution >= 0.6 is 0 Å². The second-order valence-corrected chi connectivity index (χ2v) is 13.7. The second kappa shape index (κ2) is 15.2. The normalized spacial score (nSPS) is 20.3. The topological polar surface area (TPSA) is 160 Å². The molecule has 246 valence electrons. The highest BCUT2D eigenvalue weighted by Gasteiger charge is 2.44. The molecular weight excluding hydrogens is 566 g/mol. The Hall–Kier alpha value is -3.90. The van der Waals surface area contributed by atoms with E-state index in [9.17, 15) is 28.8 Å². The zero-order valence-corrected chi connectivity index (χ0v) is 27.3. The van der Waals surface area contributed by atoms with Gasteiger partial charge in [0, 0.05) is 39.8 Å². The molecule has 2 saturated heterocycles. The zero-order chi connectivity index (χ0) is 33.4. The summed E-state index contributed by atoms with van der Waals surface area (Å²) in [6.45, 7) is 20.0. The van der Waals surface area contributed by atoms with Crippen molar-refractivity contribution in [2.75, 3.05) is 46.3 Å². The number of urea groups is 2. The Morgan fingerprint density at radius 2 is 1.64 bits per heavy atom. The fourth-order valence-electron chi connectivity index (χ4n) is 5.16.